The minimum atomic E-state index is 1.12. The number of aryl methyl sites for hydroxylation is 5. The molecular weight excluding hydrogens is 172 g/mol. The molecule has 0 unspecified atom stereocenters. The number of fused-ring (bicyclic) bond motifs is 1. The van der Waals surface area contributed by atoms with Crippen LogP contribution < -0.4 is 0 Å². The van der Waals surface area contributed by atoms with Crippen LogP contribution in [-0.2, 0) is 7.05 Å². The van der Waals surface area contributed by atoms with Crippen LogP contribution in [0.5, 0.6) is 0 Å². The highest BCUT2D eigenvalue weighted by Crippen LogP contribution is 2.26. The van der Waals surface area contributed by atoms with Crippen molar-refractivity contribution in [3.63, 3.8) is 0 Å². The molecule has 2 nitrogen and oxygen atoms in total. The van der Waals surface area contributed by atoms with E-state index < -0.39 is 0 Å². The van der Waals surface area contributed by atoms with Gasteiger partial charge in [0.25, 0.3) is 0 Å². The Morgan fingerprint density at radius 1 is 1.07 bits per heavy atom. The molecule has 0 aromatic carbocycles. The molecule has 2 aromatic rings. The zero-order valence-electron chi connectivity index (χ0n) is 9.47. The third kappa shape index (κ3) is 1.07. The minimum Gasteiger partial charge on any atom is -0.349 e. The van der Waals surface area contributed by atoms with E-state index in [0.717, 1.165) is 11.4 Å². The van der Waals surface area contributed by atoms with Gasteiger partial charge < -0.3 is 4.57 Å². The number of rotatable bonds is 0. The summed E-state index contributed by atoms with van der Waals surface area (Å²) >= 11 is 0. The van der Waals surface area contributed by atoms with Crippen molar-refractivity contribution in [2.75, 3.05) is 0 Å². The Morgan fingerprint density at radius 2 is 1.71 bits per heavy atom. The monoisotopic (exact) mass is 188 g/mol. The van der Waals surface area contributed by atoms with Crippen molar-refractivity contribution in [1.82, 2.24) is 9.55 Å². The van der Waals surface area contributed by atoms with Crippen LogP contribution in [0.2, 0.25) is 0 Å². The zero-order valence-corrected chi connectivity index (χ0v) is 9.47. The van der Waals surface area contributed by atoms with Gasteiger partial charge in [0.05, 0.1) is 11.2 Å². The second-order valence-electron chi connectivity index (χ2n) is 4.05. The Morgan fingerprint density at radius 3 is 2.36 bits per heavy atom. The highest BCUT2D eigenvalue weighted by Gasteiger charge is 2.11. The van der Waals surface area contributed by atoms with Crippen molar-refractivity contribution in [2.45, 2.75) is 27.7 Å². The molecule has 74 valence electrons. The van der Waals surface area contributed by atoms with Crippen LogP contribution in [0.15, 0.2) is 6.20 Å². The van der Waals surface area contributed by atoms with Gasteiger partial charge in [0.15, 0.2) is 0 Å². The molecular formula is C12H16N2. The fourth-order valence-corrected chi connectivity index (χ4v) is 2.26. The molecule has 2 rings (SSSR count). The molecule has 0 radical (unpaired) electrons. The largest absolute Gasteiger partial charge is 0.349 e. The van der Waals surface area contributed by atoms with E-state index in [9.17, 15) is 0 Å². The third-order valence-corrected chi connectivity index (χ3v) is 2.97. The van der Waals surface area contributed by atoms with E-state index in [-0.39, 0.29) is 0 Å². The van der Waals surface area contributed by atoms with Gasteiger partial charge in [-0.05, 0) is 38.8 Å². The van der Waals surface area contributed by atoms with Gasteiger partial charge in [0.2, 0.25) is 0 Å². The Balaban J connectivity index is 3.05. The summed E-state index contributed by atoms with van der Waals surface area (Å²) in [7, 11) is 2.08. The van der Waals surface area contributed by atoms with Gasteiger partial charge in [-0.15, -0.1) is 0 Å². The number of aromatic nitrogens is 2. The van der Waals surface area contributed by atoms with Crippen molar-refractivity contribution in [2.24, 2.45) is 7.05 Å². The highest BCUT2D eigenvalue weighted by atomic mass is 14.9. The van der Waals surface area contributed by atoms with Gasteiger partial charge in [-0.2, -0.15) is 0 Å². The van der Waals surface area contributed by atoms with Crippen molar-refractivity contribution >= 4 is 10.9 Å². The fourth-order valence-electron chi connectivity index (χ4n) is 2.26. The predicted molar refractivity (Wildman–Crippen MR) is 59.7 cm³/mol. The van der Waals surface area contributed by atoms with E-state index in [1.165, 1.54) is 22.0 Å². The molecule has 0 amide bonds. The lowest BCUT2D eigenvalue weighted by Gasteiger charge is -2.06. The molecule has 0 bridgehead atoms. The lowest BCUT2D eigenvalue weighted by atomic mass is 10.1. The molecule has 0 aliphatic heterocycles. The van der Waals surface area contributed by atoms with Crippen LogP contribution in [0, 0.1) is 27.7 Å². The molecule has 0 saturated heterocycles. The SMILES string of the molecule is Cc1nc(C)c2c(c(C)cn2C)c1C. The van der Waals surface area contributed by atoms with Crippen LogP contribution in [0.1, 0.15) is 22.5 Å². The molecule has 0 fully saturated rings. The Hall–Kier alpha value is -1.31. The Labute approximate surface area is 84.6 Å². The van der Waals surface area contributed by atoms with Crippen molar-refractivity contribution in [3.8, 4) is 0 Å². The topological polar surface area (TPSA) is 17.8 Å². The summed E-state index contributed by atoms with van der Waals surface area (Å²) in [5.74, 6) is 0. The average molecular weight is 188 g/mol. The van der Waals surface area contributed by atoms with E-state index in [4.69, 9.17) is 0 Å². The first-order chi connectivity index (χ1) is 6.52. The molecule has 0 N–H and O–H groups in total. The first-order valence-electron chi connectivity index (χ1n) is 4.91. The number of nitrogens with zero attached hydrogens (tertiary/aromatic N) is 2. The van der Waals surface area contributed by atoms with E-state index >= 15 is 0 Å². The average Bonchev–Trinajstić information content (AvgIpc) is 2.38. The van der Waals surface area contributed by atoms with Gasteiger partial charge in [-0.25, -0.2) is 0 Å². The quantitative estimate of drug-likeness (QED) is 0.621. The van der Waals surface area contributed by atoms with E-state index in [0.29, 0.717) is 0 Å². The van der Waals surface area contributed by atoms with E-state index in [1.807, 2.05) is 0 Å². The van der Waals surface area contributed by atoms with Crippen LogP contribution in [0.3, 0.4) is 0 Å². The summed E-state index contributed by atoms with van der Waals surface area (Å²) in [6.45, 7) is 8.47. The first-order valence-corrected chi connectivity index (χ1v) is 4.91. The maximum atomic E-state index is 4.55. The minimum absolute atomic E-state index is 1.12. The van der Waals surface area contributed by atoms with E-state index in [2.05, 4.69) is 50.5 Å². The number of hydrogen-bond acceptors (Lipinski definition) is 1. The van der Waals surface area contributed by atoms with E-state index in [1.54, 1.807) is 0 Å². The highest BCUT2D eigenvalue weighted by molar-refractivity contribution is 5.88. The first kappa shape index (κ1) is 9.25. The Bertz CT molecular complexity index is 507. The molecule has 0 spiro atoms. The second kappa shape index (κ2) is 2.84. The van der Waals surface area contributed by atoms with Gasteiger partial charge in [0, 0.05) is 24.3 Å². The van der Waals surface area contributed by atoms with Crippen LogP contribution in [0.4, 0.5) is 0 Å². The molecule has 0 aliphatic rings. The normalized spacial score (nSPS) is 11.2. The molecule has 2 aromatic heterocycles. The standard InChI is InChI=1S/C12H16N2/c1-7-6-14(5)12-10(4)13-9(3)8(2)11(7)12/h6H,1-5H3. The predicted octanol–water partition coefficient (Wildman–Crippen LogP) is 2.81. The van der Waals surface area contributed by atoms with Crippen molar-refractivity contribution in [1.29, 1.82) is 0 Å². The maximum Gasteiger partial charge on any atom is 0.0699 e. The maximum absolute atomic E-state index is 4.55. The summed E-state index contributed by atoms with van der Waals surface area (Å²) in [5, 5.41) is 1.37. The zero-order chi connectivity index (χ0) is 10.5. The molecule has 0 saturated carbocycles. The summed E-state index contributed by atoms with van der Waals surface area (Å²) in [6, 6.07) is 0. The summed E-state index contributed by atoms with van der Waals surface area (Å²) in [4.78, 5) is 4.55. The molecule has 0 aliphatic carbocycles. The molecule has 14 heavy (non-hydrogen) atoms. The summed E-state index contributed by atoms with van der Waals surface area (Å²) < 4.78 is 2.17. The van der Waals surface area contributed by atoms with Crippen molar-refractivity contribution in [3.05, 3.63) is 28.7 Å². The van der Waals surface area contributed by atoms with Gasteiger partial charge in [0.1, 0.15) is 0 Å². The van der Waals surface area contributed by atoms with Gasteiger partial charge in [-0.1, -0.05) is 0 Å². The molecule has 2 heteroatoms. The van der Waals surface area contributed by atoms with Gasteiger partial charge >= 0.3 is 0 Å². The molecule has 0 atom stereocenters. The van der Waals surface area contributed by atoms with Crippen molar-refractivity contribution < 1.29 is 0 Å². The second-order valence-corrected chi connectivity index (χ2v) is 4.05. The number of pyridine rings is 1. The van der Waals surface area contributed by atoms with Crippen LogP contribution in [-0.4, -0.2) is 9.55 Å². The van der Waals surface area contributed by atoms with Crippen LogP contribution in [0.25, 0.3) is 10.9 Å². The lowest BCUT2D eigenvalue weighted by molar-refractivity contribution is 0.948. The fraction of sp³-hybridized carbons (Fsp3) is 0.417. The summed E-state index contributed by atoms with van der Waals surface area (Å²) in [5.41, 5.74) is 6.19. The molecule has 2 heterocycles. The van der Waals surface area contributed by atoms with Gasteiger partial charge in [-0.3, -0.25) is 4.98 Å². The lowest BCUT2D eigenvalue weighted by Crippen LogP contribution is -1.95. The van der Waals surface area contributed by atoms with Crippen LogP contribution >= 0.6 is 0 Å². The third-order valence-electron chi connectivity index (χ3n) is 2.97. The Kier molecular flexibility index (Phi) is 1.88. The smallest absolute Gasteiger partial charge is 0.0699 e. The summed E-state index contributed by atoms with van der Waals surface area (Å²) in [6.07, 6.45) is 2.17. The number of hydrogen-bond donors (Lipinski definition) is 0.